The Bertz CT molecular complexity index is 248. The van der Waals surface area contributed by atoms with Crippen molar-refractivity contribution in [2.75, 3.05) is 19.5 Å². The predicted octanol–water partition coefficient (Wildman–Crippen LogP) is 1.43. The van der Waals surface area contributed by atoms with Gasteiger partial charge in [-0.25, -0.2) is 4.98 Å². The van der Waals surface area contributed by atoms with E-state index in [-0.39, 0.29) is 6.61 Å². The van der Waals surface area contributed by atoms with Gasteiger partial charge in [-0.3, -0.25) is 4.79 Å². The van der Waals surface area contributed by atoms with Gasteiger partial charge in [-0.1, -0.05) is 0 Å². The molecule has 0 spiro atoms. The van der Waals surface area contributed by atoms with E-state index in [1.165, 1.54) is 18.4 Å². The number of thiazole rings is 1. The quantitative estimate of drug-likeness (QED) is 0.769. The van der Waals surface area contributed by atoms with Crippen LogP contribution in [-0.4, -0.2) is 23.9 Å². The summed E-state index contributed by atoms with van der Waals surface area (Å²) in [5.41, 5.74) is 5.29. The van der Waals surface area contributed by atoms with Crippen LogP contribution in [0.25, 0.3) is 0 Å². The standard InChI is InChI=1S/C4H6N2S.C3H5ClO2/c1-3-2-6-4(5)7-3;1-6-2-3(4)5/h2H,1H3,(H2,5,6);2H2,1H3. The molecule has 74 valence electrons. The summed E-state index contributed by atoms with van der Waals surface area (Å²) in [6.45, 7) is 1.98. The number of nitrogen functional groups attached to an aromatic ring is 1. The monoisotopic (exact) mass is 222 g/mol. The molecule has 0 saturated heterocycles. The number of carbonyl (C=O) groups excluding carboxylic acids is 1. The van der Waals surface area contributed by atoms with Gasteiger partial charge in [-0.15, -0.1) is 11.3 Å². The highest BCUT2D eigenvalue weighted by Crippen LogP contribution is 2.11. The highest BCUT2D eigenvalue weighted by molar-refractivity contribution is 7.15. The summed E-state index contributed by atoms with van der Waals surface area (Å²) in [6.07, 6.45) is 1.76. The Morgan fingerprint density at radius 3 is 2.54 bits per heavy atom. The largest absolute Gasteiger partial charge is 0.376 e. The van der Waals surface area contributed by atoms with Gasteiger partial charge in [-0.2, -0.15) is 0 Å². The van der Waals surface area contributed by atoms with Crippen molar-refractivity contribution in [2.24, 2.45) is 0 Å². The van der Waals surface area contributed by atoms with Gasteiger partial charge in [0, 0.05) is 18.2 Å². The van der Waals surface area contributed by atoms with E-state index in [9.17, 15) is 4.79 Å². The molecule has 6 heteroatoms. The van der Waals surface area contributed by atoms with E-state index in [1.54, 1.807) is 6.20 Å². The number of aromatic nitrogens is 1. The van der Waals surface area contributed by atoms with Gasteiger partial charge in [0.1, 0.15) is 6.61 Å². The van der Waals surface area contributed by atoms with E-state index >= 15 is 0 Å². The van der Waals surface area contributed by atoms with Crippen LogP contribution < -0.4 is 5.73 Å². The highest BCUT2D eigenvalue weighted by Gasteiger charge is 1.87. The average Bonchev–Trinajstić information content (AvgIpc) is 2.35. The molecular weight excluding hydrogens is 212 g/mol. The third kappa shape index (κ3) is 7.70. The molecule has 0 saturated carbocycles. The molecule has 0 unspecified atom stereocenters. The van der Waals surface area contributed by atoms with Crippen LogP contribution >= 0.6 is 22.9 Å². The molecule has 1 heterocycles. The number of nitrogens with zero attached hydrogens (tertiary/aromatic N) is 1. The minimum atomic E-state index is -0.461. The summed E-state index contributed by atoms with van der Waals surface area (Å²) in [5.74, 6) is 0. The molecular formula is C7H11ClN2O2S. The number of methoxy groups -OCH3 is 1. The fraction of sp³-hybridized carbons (Fsp3) is 0.429. The number of halogens is 1. The number of nitrogens with two attached hydrogens (primary N) is 1. The molecule has 1 rings (SSSR count). The van der Waals surface area contributed by atoms with Crippen molar-refractivity contribution in [3.05, 3.63) is 11.1 Å². The van der Waals surface area contributed by atoms with Gasteiger partial charge in [0.25, 0.3) is 0 Å². The number of ether oxygens (including phenoxy) is 1. The van der Waals surface area contributed by atoms with Crippen LogP contribution in [0.1, 0.15) is 4.88 Å². The third-order valence-electron chi connectivity index (χ3n) is 0.897. The van der Waals surface area contributed by atoms with Crippen molar-refractivity contribution in [3.63, 3.8) is 0 Å². The molecule has 0 aromatic carbocycles. The van der Waals surface area contributed by atoms with Crippen LogP contribution in [0.3, 0.4) is 0 Å². The lowest BCUT2D eigenvalue weighted by Gasteiger charge is -1.82. The van der Waals surface area contributed by atoms with Crippen molar-refractivity contribution in [3.8, 4) is 0 Å². The third-order valence-corrected chi connectivity index (χ3v) is 1.75. The molecule has 0 amide bonds. The van der Waals surface area contributed by atoms with Crippen molar-refractivity contribution >= 4 is 33.3 Å². The fourth-order valence-corrected chi connectivity index (χ4v) is 1.14. The summed E-state index contributed by atoms with van der Waals surface area (Å²) in [6, 6.07) is 0. The van der Waals surface area contributed by atoms with Crippen LogP contribution in [-0.2, 0) is 9.53 Å². The summed E-state index contributed by atoms with van der Waals surface area (Å²) >= 11 is 6.32. The number of hydrogen-bond acceptors (Lipinski definition) is 5. The van der Waals surface area contributed by atoms with Crippen molar-refractivity contribution in [2.45, 2.75) is 6.92 Å². The molecule has 0 bridgehead atoms. The van der Waals surface area contributed by atoms with Gasteiger partial charge >= 0.3 is 0 Å². The number of anilines is 1. The first-order chi connectivity index (χ1) is 6.06. The zero-order valence-corrected chi connectivity index (χ0v) is 8.98. The number of carbonyl (C=O) groups is 1. The van der Waals surface area contributed by atoms with Gasteiger partial charge in [0.2, 0.25) is 5.24 Å². The lowest BCUT2D eigenvalue weighted by Crippen LogP contribution is -1.95. The van der Waals surface area contributed by atoms with Crippen LogP contribution in [0.15, 0.2) is 6.20 Å². The Morgan fingerprint density at radius 1 is 1.85 bits per heavy atom. The smallest absolute Gasteiger partial charge is 0.247 e. The topological polar surface area (TPSA) is 65.2 Å². The maximum absolute atomic E-state index is 9.68. The lowest BCUT2D eigenvalue weighted by molar-refractivity contribution is -0.114. The van der Waals surface area contributed by atoms with Gasteiger partial charge < -0.3 is 10.5 Å². The molecule has 0 radical (unpaired) electrons. The minimum absolute atomic E-state index is 0.00154. The summed E-state index contributed by atoms with van der Waals surface area (Å²) < 4.78 is 4.32. The average molecular weight is 223 g/mol. The van der Waals surface area contributed by atoms with Crippen molar-refractivity contribution < 1.29 is 9.53 Å². The molecule has 0 atom stereocenters. The number of aryl methyl sites for hydroxylation is 1. The number of rotatable bonds is 2. The Labute approximate surface area is 85.7 Å². The van der Waals surface area contributed by atoms with Crippen LogP contribution in [0.5, 0.6) is 0 Å². The van der Waals surface area contributed by atoms with Crippen LogP contribution in [0.4, 0.5) is 5.13 Å². The second-order valence-corrected chi connectivity index (χ2v) is 3.79. The van der Waals surface area contributed by atoms with Gasteiger partial charge in [0.15, 0.2) is 5.13 Å². The first kappa shape index (κ1) is 12.3. The molecule has 0 aliphatic rings. The van der Waals surface area contributed by atoms with E-state index in [1.807, 2.05) is 6.92 Å². The SMILES string of the molecule is COCC(=O)Cl.Cc1cnc(N)s1. The second kappa shape index (κ2) is 6.82. The normalized spacial score (nSPS) is 8.85. The van der Waals surface area contributed by atoms with Crippen LogP contribution in [0, 0.1) is 6.92 Å². The Hall–Kier alpha value is -0.650. The Kier molecular flexibility index (Phi) is 6.48. The first-order valence-electron chi connectivity index (χ1n) is 3.41. The molecule has 0 fully saturated rings. The zero-order valence-electron chi connectivity index (χ0n) is 7.41. The molecule has 13 heavy (non-hydrogen) atoms. The molecule has 1 aromatic heterocycles. The highest BCUT2D eigenvalue weighted by atomic mass is 35.5. The Morgan fingerprint density at radius 2 is 2.46 bits per heavy atom. The second-order valence-electron chi connectivity index (χ2n) is 2.10. The molecule has 4 nitrogen and oxygen atoms in total. The fourth-order valence-electron chi connectivity index (χ4n) is 0.486. The molecule has 1 aromatic rings. The Balaban J connectivity index is 0.000000226. The maximum Gasteiger partial charge on any atom is 0.247 e. The van der Waals surface area contributed by atoms with E-state index in [2.05, 4.69) is 9.72 Å². The predicted molar refractivity (Wildman–Crippen MR) is 54.0 cm³/mol. The molecule has 2 N–H and O–H groups in total. The van der Waals surface area contributed by atoms with Crippen molar-refractivity contribution in [1.29, 1.82) is 0 Å². The van der Waals surface area contributed by atoms with Crippen LogP contribution in [0.2, 0.25) is 0 Å². The summed E-state index contributed by atoms with van der Waals surface area (Å²) in [5, 5.41) is 0.190. The summed E-state index contributed by atoms with van der Waals surface area (Å²) in [4.78, 5) is 14.7. The van der Waals surface area contributed by atoms with E-state index in [0.29, 0.717) is 5.13 Å². The maximum atomic E-state index is 9.68. The lowest BCUT2D eigenvalue weighted by atomic mass is 10.7. The zero-order chi connectivity index (χ0) is 10.3. The van der Waals surface area contributed by atoms with E-state index in [0.717, 1.165) is 4.88 Å². The van der Waals surface area contributed by atoms with Gasteiger partial charge in [-0.05, 0) is 18.5 Å². The van der Waals surface area contributed by atoms with Gasteiger partial charge in [0.05, 0.1) is 0 Å². The molecule has 0 aliphatic carbocycles. The molecule has 0 aliphatic heterocycles. The van der Waals surface area contributed by atoms with Crippen molar-refractivity contribution in [1.82, 2.24) is 4.98 Å². The van der Waals surface area contributed by atoms with E-state index < -0.39 is 5.24 Å². The van der Waals surface area contributed by atoms with E-state index in [4.69, 9.17) is 17.3 Å². The minimum Gasteiger partial charge on any atom is -0.376 e. The summed E-state index contributed by atoms with van der Waals surface area (Å²) in [7, 11) is 1.42. The first-order valence-corrected chi connectivity index (χ1v) is 4.61. The number of hydrogen-bond donors (Lipinski definition) is 1.